The van der Waals surface area contributed by atoms with Crippen molar-refractivity contribution in [1.29, 1.82) is 0 Å². The third-order valence-corrected chi connectivity index (χ3v) is 6.44. The second-order valence-electron chi connectivity index (χ2n) is 7.22. The first-order valence-electron chi connectivity index (χ1n) is 9.96. The molecule has 0 aromatic heterocycles. The van der Waals surface area contributed by atoms with E-state index < -0.39 is 32.7 Å². The minimum Gasteiger partial charge on any atom is -0.495 e. The summed E-state index contributed by atoms with van der Waals surface area (Å²) in [4.78, 5) is 12.7. The highest BCUT2D eigenvalue weighted by Gasteiger charge is 2.29. The molecule has 0 spiro atoms. The fourth-order valence-electron chi connectivity index (χ4n) is 3.35. The Morgan fingerprint density at radius 3 is 2.58 bits per heavy atom. The van der Waals surface area contributed by atoms with Crippen molar-refractivity contribution < 1.29 is 31.8 Å². The summed E-state index contributed by atoms with van der Waals surface area (Å²) >= 11 is 0. The number of carbonyl (C=O) groups is 1. The Labute approximate surface area is 190 Å². The number of benzene rings is 3. The maximum absolute atomic E-state index is 13.8. The van der Waals surface area contributed by atoms with Gasteiger partial charge in [0.1, 0.15) is 22.5 Å². The number of carbonyl (C=O) groups excluding carboxylic acids is 1. The van der Waals surface area contributed by atoms with Crippen LogP contribution >= 0.6 is 0 Å². The Hall–Kier alpha value is -3.63. The van der Waals surface area contributed by atoms with Gasteiger partial charge in [0, 0.05) is 11.8 Å². The lowest BCUT2D eigenvalue weighted by Crippen LogP contribution is -2.45. The van der Waals surface area contributed by atoms with Crippen LogP contribution in [0.3, 0.4) is 0 Å². The Morgan fingerprint density at radius 2 is 1.82 bits per heavy atom. The van der Waals surface area contributed by atoms with Crippen LogP contribution in [0.15, 0.2) is 71.6 Å². The van der Waals surface area contributed by atoms with Crippen molar-refractivity contribution in [2.75, 3.05) is 19.2 Å². The van der Waals surface area contributed by atoms with Gasteiger partial charge in [-0.25, -0.2) is 12.8 Å². The fraction of sp³-hybridized carbons (Fsp3) is 0.174. The third-order valence-electron chi connectivity index (χ3n) is 4.95. The van der Waals surface area contributed by atoms with Crippen LogP contribution in [0.5, 0.6) is 17.2 Å². The molecule has 8 nitrogen and oxygen atoms in total. The zero-order valence-electron chi connectivity index (χ0n) is 17.6. The first-order chi connectivity index (χ1) is 15.9. The van der Waals surface area contributed by atoms with Crippen LogP contribution in [0, 0.1) is 5.82 Å². The number of methoxy groups -OCH3 is 1. The monoisotopic (exact) mass is 472 g/mol. The van der Waals surface area contributed by atoms with E-state index in [4.69, 9.17) is 14.2 Å². The van der Waals surface area contributed by atoms with E-state index >= 15 is 0 Å². The summed E-state index contributed by atoms with van der Waals surface area (Å²) < 4.78 is 58.0. The Kier molecular flexibility index (Phi) is 6.47. The van der Waals surface area contributed by atoms with Crippen molar-refractivity contribution in [2.24, 2.45) is 0 Å². The predicted molar refractivity (Wildman–Crippen MR) is 118 cm³/mol. The van der Waals surface area contributed by atoms with E-state index in [1.54, 1.807) is 42.5 Å². The third kappa shape index (κ3) is 5.24. The summed E-state index contributed by atoms with van der Waals surface area (Å²) in [6.07, 6.45) is 0.0636. The Morgan fingerprint density at radius 1 is 1.06 bits per heavy atom. The number of sulfonamides is 1. The van der Waals surface area contributed by atoms with Gasteiger partial charge in [0.2, 0.25) is 22.7 Å². The van der Waals surface area contributed by atoms with E-state index in [1.165, 1.54) is 13.2 Å². The zero-order valence-corrected chi connectivity index (χ0v) is 18.4. The van der Waals surface area contributed by atoms with Crippen molar-refractivity contribution in [2.45, 2.75) is 17.4 Å². The number of ether oxygens (including phenoxy) is 3. The van der Waals surface area contributed by atoms with Crippen LogP contribution in [0.1, 0.15) is 5.56 Å². The normalized spacial score (nSPS) is 13.4. The number of hydrogen-bond acceptors (Lipinski definition) is 6. The second kappa shape index (κ2) is 9.47. The topological polar surface area (TPSA) is 103 Å². The lowest BCUT2D eigenvalue weighted by molar-refractivity contribution is -0.117. The lowest BCUT2D eigenvalue weighted by atomic mass is 10.1. The number of fused-ring (bicyclic) bond motifs is 1. The number of halogens is 1. The summed E-state index contributed by atoms with van der Waals surface area (Å²) in [5.41, 5.74) is 1.14. The fourth-order valence-corrected chi connectivity index (χ4v) is 4.73. The van der Waals surface area contributed by atoms with Gasteiger partial charge in [-0.2, -0.15) is 4.72 Å². The van der Waals surface area contributed by atoms with E-state index in [-0.39, 0.29) is 19.0 Å². The molecule has 10 heteroatoms. The zero-order chi connectivity index (χ0) is 23.4. The lowest BCUT2D eigenvalue weighted by Gasteiger charge is -2.20. The van der Waals surface area contributed by atoms with Gasteiger partial charge in [0.25, 0.3) is 0 Å². The summed E-state index contributed by atoms with van der Waals surface area (Å²) in [5.74, 6) is -0.374. The molecule has 1 heterocycles. The highest BCUT2D eigenvalue weighted by molar-refractivity contribution is 7.89. The molecule has 0 saturated carbocycles. The van der Waals surface area contributed by atoms with E-state index in [0.29, 0.717) is 17.2 Å². The molecule has 4 rings (SSSR count). The Bertz CT molecular complexity index is 1270. The molecule has 1 aliphatic heterocycles. The van der Waals surface area contributed by atoms with Gasteiger partial charge in [-0.1, -0.05) is 30.3 Å². The van der Waals surface area contributed by atoms with Crippen LogP contribution < -0.4 is 24.2 Å². The highest BCUT2D eigenvalue weighted by Crippen LogP contribution is 2.34. The van der Waals surface area contributed by atoms with E-state index in [1.807, 2.05) is 6.07 Å². The second-order valence-corrected chi connectivity index (χ2v) is 8.90. The molecule has 3 aromatic carbocycles. The molecular formula is C23H21FN2O6S. The molecule has 2 N–H and O–H groups in total. The predicted octanol–water partition coefficient (Wildman–Crippen LogP) is 3.09. The first kappa shape index (κ1) is 22.6. The van der Waals surface area contributed by atoms with E-state index in [9.17, 15) is 17.6 Å². The van der Waals surface area contributed by atoms with Crippen molar-refractivity contribution in [3.8, 4) is 17.2 Å². The quantitative estimate of drug-likeness (QED) is 0.522. The summed E-state index contributed by atoms with van der Waals surface area (Å²) in [6.45, 7) is 0.0820. The first-order valence-corrected chi connectivity index (χ1v) is 11.4. The van der Waals surface area contributed by atoms with Gasteiger partial charge in [-0.05, 0) is 42.3 Å². The Balaban J connectivity index is 1.62. The van der Waals surface area contributed by atoms with Crippen LogP contribution in [-0.2, 0) is 21.2 Å². The van der Waals surface area contributed by atoms with Crippen LogP contribution in [0.2, 0.25) is 0 Å². The minimum atomic E-state index is -4.31. The number of anilines is 1. The van der Waals surface area contributed by atoms with Gasteiger partial charge < -0.3 is 19.5 Å². The number of hydrogen-bond donors (Lipinski definition) is 2. The standard InChI is InChI=1S/C23H21FN2O6S/c1-30-20-9-7-16(24)12-22(20)33(28,29)26-18(11-15-5-3-2-4-6-15)23(27)25-17-8-10-19-21(13-17)32-14-31-19/h2-10,12-13,18,26H,11,14H2,1H3,(H,25,27). The summed E-state index contributed by atoms with van der Waals surface area (Å²) in [5, 5.41) is 2.70. The number of amides is 1. The van der Waals surface area contributed by atoms with Crippen LogP contribution in [-0.4, -0.2) is 34.3 Å². The van der Waals surface area contributed by atoms with Gasteiger partial charge in [0.15, 0.2) is 11.5 Å². The molecule has 33 heavy (non-hydrogen) atoms. The molecule has 1 atom stereocenters. The summed E-state index contributed by atoms with van der Waals surface area (Å²) in [7, 11) is -3.03. The molecule has 0 radical (unpaired) electrons. The van der Waals surface area contributed by atoms with Gasteiger partial charge in [-0.15, -0.1) is 0 Å². The van der Waals surface area contributed by atoms with Crippen LogP contribution in [0.4, 0.5) is 10.1 Å². The maximum Gasteiger partial charge on any atom is 0.245 e. The molecule has 1 unspecified atom stereocenters. The highest BCUT2D eigenvalue weighted by atomic mass is 32.2. The van der Waals surface area contributed by atoms with Crippen molar-refractivity contribution in [1.82, 2.24) is 4.72 Å². The van der Waals surface area contributed by atoms with Crippen molar-refractivity contribution in [3.63, 3.8) is 0 Å². The van der Waals surface area contributed by atoms with Crippen molar-refractivity contribution in [3.05, 3.63) is 78.1 Å². The smallest absolute Gasteiger partial charge is 0.245 e. The SMILES string of the molecule is COc1ccc(F)cc1S(=O)(=O)NC(Cc1ccccc1)C(=O)Nc1ccc2c(c1)OCO2. The van der Waals surface area contributed by atoms with Gasteiger partial charge in [-0.3, -0.25) is 4.79 Å². The molecule has 1 amide bonds. The average Bonchev–Trinajstić information content (AvgIpc) is 3.27. The van der Waals surface area contributed by atoms with Gasteiger partial charge >= 0.3 is 0 Å². The molecule has 172 valence electrons. The molecule has 0 saturated heterocycles. The van der Waals surface area contributed by atoms with Crippen molar-refractivity contribution >= 4 is 21.6 Å². The molecule has 0 bridgehead atoms. The van der Waals surface area contributed by atoms with E-state index in [0.717, 1.165) is 17.7 Å². The molecular weight excluding hydrogens is 451 g/mol. The average molecular weight is 472 g/mol. The molecule has 1 aliphatic rings. The number of rotatable bonds is 8. The largest absolute Gasteiger partial charge is 0.495 e. The molecule has 0 aliphatic carbocycles. The van der Waals surface area contributed by atoms with Crippen LogP contribution in [0.25, 0.3) is 0 Å². The van der Waals surface area contributed by atoms with E-state index in [2.05, 4.69) is 10.0 Å². The maximum atomic E-state index is 13.8. The summed E-state index contributed by atoms with van der Waals surface area (Å²) in [6, 6.07) is 15.7. The molecule has 3 aromatic rings. The number of nitrogens with one attached hydrogen (secondary N) is 2. The molecule has 0 fully saturated rings. The van der Waals surface area contributed by atoms with Gasteiger partial charge in [0.05, 0.1) is 7.11 Å². The minimum absolute atomic E-state index is 0.0430.